The number of benzene rings is 1. The van der Waals surface area contributed by atoms with Crippen molar-refractivity contribution in [2.24, 2.45) is 5.92 Å². The molecule has 3 heteroatoms. The number of anilines is 1. The molecule has 0 aliphatic heterocycles. The van der Waals surface area contributed by atoms with Crippen LogP contribution in [0.15, 0.2) is 24.3 Å². The van der Waals surface area contributed by atoms with Gasteiger partial charge in [-0.3, -0.25) is 4.79 Å². The Labute approximate surface area is 109 Å². The fourth-order valence-electron chi connectivity index (χ4n) is 2.11. The van der Waals surface area contributed by atoms with Crippen LogP contribution < -0.4 is 4.90 Å². The number of nitrogens with zero attached hydrogens (tertiary/aromatic N) is 1. The molecule has 0 radical (unpaired) electrons. The smallest absolute Gasteiger partial charge is 0.308 e. The Morgan fingerprint density at radius 3 is 2.56 bits per heavy atom. The predicted molar refractivity (Wildman–Crippen MR) is 75.1 cm³/mol. The SMILES string of the molecule is CCCN(CC(C)C(=O)O)c1ccccc1CC. The van der Waals surface area contributed by atoms with E-state index in [1.165, 1.54) is 11.3 Å². The maximum atomic E-state index is 11.0. The average molecular weight is 249 g/mol. The van der Waals surface area contributed by atoms with Crippen LogP contribution in [0.4, 0.5) is 5.69 Å². The van der Waals surface area contributed by atoms with Gasteiger partial charge in [0.25, 0.3) is 0 Å². The van der Waals surface area contributed by atoms with Crippen LogP contribution in [0.25, 0.3) is 0 Å². The van der Waals surface area contributed by atoms with Crippen molar-refractivity contribution in [1.29, 1.82) is 0 Å². The highest BCUT2D eigenvalue weighted by Crippen LogP contribution is 2.22. The zero-order chi connectivity index (χ0) is 13.5. The zero-order valence-corrected chi connectivity index (χ0v) is 11.5. The lowest BCUT2D eigenvalue weighted by Crippen LogP contribution is -2.33. The summed E-state index contributed by atoms with van der Waals surface area (Å²) in [5.74, 6) is -1.08. The molecular formula is C15H23NO2. The van der Waals surface area contributed by atoms with Gasteiger partial charge in [0.1, 0.15) is 0 Å². The summed E-state index contributed by atoms with van der Waals surface area (Å²) in [5, 5.41) is 9.05. The van der Waals surface area contributed by atoms with Crippen molar-refractivity contribution in [2.75, 3.05) is 18.0 Å². The lowest BCUT2D eigenvalue weighted by molar-refractivity contribution is -0.140. The predicted octanol–water partition coefficient (Wildman–Crippen LogP) is 3.19. The Morgan fingerprint density at radius 2 is 2.00 bits per heavy atom. The summed E-state index contributed by atoms with van der Waals surface area (Å²) in [6, 6.07) is 8.25. The third-order valence-corrected chi connectivity index (χ3v) is 3.12. The van der Waals surface area contributed by atoms with Crippen LogP contribution in [0.1, 0.15) is 32.8 Å². The molecule has 1 aromatic carbocycles. The molecule has 0 amide bonds. The Kier molecular flexibility index (Phi) is 5.69. The molecule has 0 spiro atoms. The Hall–Kier alpha value is -1.51. The molecule has 0 saturated carbocycles. The third-order valence-electron chi connectivity index (χ3n) is 3.12. The molecule has 18 heavy (non-hydrogen) atoms. The van der Waals surface area contributed by atoms with E-state index in [0.717, 1.165) is 19.4 Å². The van der Waals surface area contributed by atoms with Crippen molar-refractivity contribution >= 4 is 11.7 Å². The maximum absolute atomic E-state index is 11.0. The lowest BCUT2D eigenvalue weighted by atomic mass is 10.1. The van der Waals surface area contributed by atoms with E-state index >= 15 is 0 Å². The summed E-state index contributed by atoms with van der Waals surface area (Å²) in [7, 11) is 0. The minimum absolute atomic E-state index is 0.346. The Morgan fingerprint density at radius 1 is 1.33 bits per heavy atom. The van der Waals surface area contributed by atoms with E-state index in [4.69, 9.17) is 5.11 Å². The Bertz CT molecular complexity index is 390. The summed E-state index contributed by atoms with van der Waals surface area (Å²) in [6.45, 7) is 7.48. The van der Waals surface area contributed by atoms with E-state index in [9.17, 15) is 4.79 Å². The molecule has 0 aliphatic rings. The van der Waals surface area contributed by atoms with Gasteiger partial charge in [-0.25, -0.2) is 0 Å². The monoisotopic (exact) mass is 249 g/mol. The molecule has 0 fully saturated rings. The van der Waals surface area contributed by atoms with Crippen LogP contribution in [0.2, 0.25) is 0 Å². The van der Waals surface area contributed by atoms with E-state index in [1.807, 2.05) is 12.1 Å². The molecule has 0 heterocycles. The van der Waals surface area contributed by atoms with Gasteiger partial charge in [-0.05, 0) is 24.5 Å². The molecule has 0 aliphatic carbocycles. The number of carboxylic acids is 1. The van der Waals surface area contributed by atoms with Gasteiger partial charge in [-0.1, -0.05) is 39.0 Å². The summed E-state index contributed by atoms with van der Waals surface area (Å²) in [4.78, 5) is 13.2. The highest BCUT2D eigenvalue weighted by Gasteiger charge is 2.17. The van der Waals surface area contributed by atoms with Crippen molar-refractivity contribution < 1.29 is 9.90 Å². The number of carboxylic acid groups (broad SMARTS) is 1. The number of carbonyl (C=O) groups is 1. The van der Waals surface area contributed by atoms with Crippen molar-refractivity contribution in [3.05, 3.63) is 29.8 Å². The molecule has 0 aromatic heterocycles. The van der Waals surface area contributed by atoms with Gasteiger partial charge in [-0.2, -0.15) is 0 Å². The molecular weight excluding hydrogens is 226 g/mol. The highest BCUT2D eigenvalue weighted by molar-refractivity contribution is 5.70. The van der Waals surface area contributed by atoms with Crippen molar-refractivity contribution in [1.82, 2.24) is 0 Å². The molecule has 1 atom stereocenters. The van der Waals surface area contributed by atoms with Gasteiger partial charge >= 0.3 is 5.97 Å². The number of rotatable bonds is 7. The quantitative estimate of drug-likeness (QED) is 0.806. The molecule has 1 rings (SSSR count). The Balaban J connectivity index is 2.92. The van der Waals surface area contributed by atoms with Gasteiger partial charge in [0.05, 0.1) is 5.92 Å². The van der Waals surface area contributed by atoms with Crippen molar-refractivity contribution in [3.63, 3.8) is 0 Å². The number of hydrogen-bond donors (Lipinski definition) is 1. The second-order valence-electron chi connectivity index (χ2n) is 4.67. The first-order chi connectivity index (χ1) is 8.60. The third kappa shape index (κ3) is 3.76. The lowest BCUT2D eigenvalue weighted by Gasteiger charge is -2.28. The van der Waals surface area contributed by atoms with E-state index in [2.05, 4.69) is 30.9 Å². The van der Waals surface area contributed by atoms with Gasteiger partial charge in [0.2, 0.25) is 0 Å². The topological polar surface area (TPSA) is 40.5 Å². The maximum Gasteiger partial charge on any atom is 0.308 e. The van der Waals surface area contributed by atoms with Crippen LogP contribution >= 0.6 is 0 Å². The normalized spacial score (nSPS) is 12.2. The van der Waals surface area contributed by atoms with Crippen LogP contribution in [-0.2, 0) is 11.2 Å². The first-order valence-corrected chi connectivity index (χ1v) is 6.65. The summed E-state index contributed by atoms with van der Waals surface area (Å²) >= 11 is 0. The highest BCUT2D eigenvalue weighted by atomic mass is 16.4. The molecule has 1 unspecified atom stereocenters. The summed E-state index contributed by atoms with van der Waals surface area (Å²) in [6.07, 6.45) is 1.99. The summed E-state index contributed by atoms with van der Waals surface area (Å²) in [5.41, 5.74) is 2.46. The van der Waals surface area contributed by atoms with Gasteiger partial charge < -0.3 is 10.0 Å². The van der Waals surface area contributed by atoms with E-state index < -0.39 is 5.97 Å². The van der Waals surface area contributed by atoms with Crippen LogP contribution in [0.3, 0.4) is 0 Å². The second-order valence-corrected chi connectivity index (χ2v) is 4.67. The average Bonchev–Trinajstić information content (AvgIpc) is 2.38. The first-order valence-electron chi connectivity index (χ1n) is 6.65. The molecule has 1 N–H and O–H groups in total. The number of para-hydroxylation sites is 1. The van der Waals surface area contributed by atoms with Crippen LogP contribution in [0, 0.1) is 5.92 Å². The summed E-state index contributed by atoms with van der Waals surface area (Å²) < 4.78 is 0. The molecule has 1 aromatic rings. The minimum Gasteiger partial charge on any atom is -0.481 e. The fourth-order valence-corrected chi connectivity index (χ4v) is 2.11. The fraction of sp³-hybridized carbons (Fsp3) is 0.533. The second kappa shape index (κ2) is 7.04. The van der Waals surface area contributed by atoms with Crippen molar-refractivity contribution in [3.8, 4) is 0 Å². The van der Waals surface area contributed by atoms with Gasteiger partial charge in [0, 0.05) is 18.8 Å². The van der Waals surface area contributed by atoms with Crippen LogP contribution in [-0.4, -0.2) is 24.2 Å². The standard InChI is InChI=1S/C15H23NO2/c1-4-10-16(11-12(3)15(17)18)14-9-7-6-8-13(14)5-2/h6-9,12H,4-5,10-11H2,1-3H3,(H,17,18). The molecule has 0 bridgehead atoms. The number of hydrogen-bond acceptors (Lipinski definition) is 2. The van der Waals surface area contributed by atoms with E-state index in [0.29, 0.717) is 6.54 Å². The van der Waals surface area contributed by atoms with Gasteiger partial charge in [0.15, 0.2) is 0 Å². The molecule has 100 valence electrons. The zero-order valence-electron chi connectivity index (χ0n) is 11.5. The van der Waals surface area contributed by atoms with E-state index in [-0.39, 0.29) is 5.92 Å². The number of aliphatic carboxylic acids is 1. The molecule has 3 nitrogen and oxygen atoms in total. The number of aryl methyl sites for hydroxylation is 1. The van der Waals surface area contributed by atoms with Crippen LogP contribution in [0.5, 0.6) is 0 Å². The first kappa shape index (κ1) is 14.6. The van der Waals surface area contributed by atoms with E-state index in [1.54, 1.807) is 6.92 Å². The van der Waals surface area contributed by atoms with Crippen molar-refractivity contribution in [2.45, 2.75) is 33.6 Å². The largest absolute Gasteiger partial charge is 0.481 e. The van der Waals surface area contributed by atoms with Gasteiger partial charge in [-0.15, -0.1) is 0 Å². The minimum atomic E-state index is -0.731. The molecule has 0 saturated heterocycles.